The van der Waals surface area contributed by atoms with E-state index in [0.717, 1.165) is 45.1 Å². The monoisotopic (exact) mass is 298 g/mol. The molecule has 3 nitrogen and oxygen atoms in total. The predicted octanol–water partition coefficient (Wildman–Crippen LogP) is 2.81. The summed E-state index contributed by atoms with van der Waals surface area (Å²) in [6.07, 6.45) is 7.56. The van der Waals surface area contributed by atoms with E-state index in [2.05, 4.69) is 34.1 Å². The van der Waals surface area contributed by atoms with Crippen LogP contribution in [0.4, 0.5) is 0 Å². The molecule has 1 aromatic carbocycles. The van der Waals surface area contributed by atoms with Gasteiger partial charge < -0.3 is 4.90 Å². The first-order valence-electron chi connectivity index (χ1n) is 8.89. The van der Waals surface area contributed by atoms with E-state index in [-0.39, 0.29) is 5.41 Å². The Morgan fingerprint density at radius 1 is 0.955 bits per heavy atom. The standard InChI is InChI=1S/C19H26N2O/c22-18(19(10-11-19)16-6-2-1-3-7-16)21-14-12-20(13-15-21)17-8-4-5-9-17/h1-3,6-7,17H,4-5,8-15H2. The summed E-state index contributed by atoms with van der Waals surface area (Å²) in [7, 11) is 0. The van der Waals surface area contributed by atoms with Crippen molar-refractivity contribution >= 4 is 5.91 Å². The van der Waals surface area contributed by atoms with E-state index in [1.807, 2.05) is 6.07 Å². The molecule has 0 bridgehead atoms. The van der Waals surface area contributed by atoms with Crippen LogP contribution >= 0.6 is 0 Å². The zero-order valence-corrected chi connectivity index (χ0v) is 13.3. The second kappa shape index (κ2) is 5.69. The summed E-state index contributed by atoms with van der Waals surface area (Å²) < 4.78 is 0. The van der Waals surface area contributed by atoms with Gasteiger partial charge in [-0.1, -0.05) is 43.2 Å². The highest BCUT2D eigenvalue weighted by molar-refractivity contribution is 5.91. The van der Waals surface area contributed by atoms with Gasteiger partial charge in [0.15, 0.2) is 0 Å². The van der Waals surface area contributed by atoms with Crippen molar-refractivity contribution in [1.29, 1.82) is 0 Å². The van der Waals surface area contributed by atoms with Gasteiger partial charge in [0, 0.05) is 32.2 Å². The van der Waals surface area contributed by atoms with Crippen LogP contribution in [-0.4, -0.2) is 47.9 Å². The van der Waals surface area contributed by atoms with Crippen LogP contribution in [0.25, 0.3) is 0 Å². The Hall–Kier alpha value is -1.35. The lowest BCUT2D eigenvalue weighted by Gasteiger charge is -2.39. The fraction of sp³-hybridized carbons (Fsp3) is 0.632. The maximum atomic E-state index is 13.0. The summed E-state index contributed by atoms with van der Waals surface area (Å²) in [4.78, 5) is 17.8. The molecule has 0 atom stereocenters. The van der Waals surface area contributed by atoms with E-state index in [4.69, 9.17) is 0 Å². The summed E-state index contributed by atoms with van der Waals surface area (Å²) in [5.74, 6) is 0.379. The van der Waals surface area contributed by atoms with Crippen molar-refractivity contribution in [3.63, 3.8) is 0 Å². The number of carbonyl (C=O) groups excluding carboxylic acids is 1. The zero-order valence-electron chi connectivity index (χ0n) is 13.3. The fourth-order valence-electron chi connectivity index (χ4n) is 4.37. The second-order valence-electron chi connectivity index (χ2n) is 7.21. The van der Waals surface area contributed by atoms with Crippen LogP contribution in [0.15, 0.2) is 30.3 Å². The quantitative estimate of drug-likeness (QED) is 0.856. The molecule has 3 aliphatic rings. The Bertz CT molecular complexity index is 524. The summed E-state index contributed by atoms with van der Waals surface area (Å²) in [5, 5.41) is 0. The molecule has 0 radical (unpaired) electrons. The Morgan fingerprint density at radius 3 is 2.18 bits per heavy atom. The third-order valence-electron chi connectivity index (χ3n) is 5.93. The van der Waals surface area contributed by atoms with Gasteiger partial charge in [0.05, 0.1) is 5.41 Å². The van der Waals surface area contributed by atoms with E-state index >= 15 is 0 Å². The van der Waals surface area contributed by atoms with Gasteiger partial charge in [0.1, 0.15) is 0 Å². The third kappa shape index (κ3) is 2.45. The molecule has 0 spiro atoms. The minimum Gasteiger partial charge on any atom is -0.339 e. The van der Waals surface area contributed by atoms with Crippen LogP contribution in [0, 0.1) is 0 Å². The van der Waals surface area contributed by atoms with Gasteiger partial charge in [-0.2, -0.15) is 0 Å². The highest BCUT2D eigenvalue weighted by Crippen LogP contribution is 2.49. The Morgan fingerprint density at radius 2 is 1.59 bits per heavy atom. The number of nitrogens with zero attached hydrogens (tertiary/aromatic N) is 2. The minimum absolute atomic E-state index is 0.184. The van der Waals surface area contributed by atoms with Gasteiger partial charge >= 0.3 is 0 Å². The molecule has 1 saturated heterocycles. The maximum Gasteiger partial charge on any atom is 0.233 e. The fourth-order valence-corrected chi connectivity index (χ4v) is 4.37. The molecular weight excluding hydrogens is 272 g/mol. The summed E-state index contributed by atoms with van der Waals surface area (Å²) >= 11 is 0. The lowest BCUT2D eigenvalue weighted by atomic mass is 9.94. The van der Waals surface area contributed by atoms with E-state index in [1.54, 1.807) is 0 Å². The molecule has 0 unspecified atom stereocenters. The molecule has 1 amide bonds. The number of carbonyl (C=O) groups is 1. The highest BCUT2D eigenvalue weighted by atomic mass is 16.2. The van der Waals surface area contributed by atoms with Gasteiger partial charge in [0.25, 0.3) is 0 Å². The number of hydrogen-bond acceptors (Lipinski definition) is 2. The van der Waals surface area contributed by atoms with E-state index < -0.39 is 0 Å². The van der Waals surface area contributed by atoms with Crippen molar-refractivity contribution in [3.8, 4) is 0 Å². The van der Waals surface area contributed by atoms with E-state index in [1.165, 1.54) is 31.2 Å². The summed E-state index contributed by atoms with van der Waals surface area (Å²) in [5.41, 5.74) is 1.04. The van der Waals surface area contributed by atoms with Gasteiger partial charge in [-0.05, 0) is 31.2 Å². The van der Waals surface area contributed by atoms with Gasteiger partial charge in [-0.3, -0.25) is 9.69 Å². The number of piperazine rings is 1. The SMILES string of the molecule is O=C(N1CCN(C2CCCC2)CC1)C1(c2ccccc2)CC1. The number of rotatable bonds is 3. The molecule has 0 aromatic heterocycles. The van der Waals surface area contributed by atoms with Crippen molar-refractivity contribution < 1.29 is 4.79 Å². The Kier molecular flexibility index (Phi) is 3.69. The maximum absolute atomic E-state index is 13.0. The molecule has 118 valence electrons. The first kappa shape index (κ1) is 14.3. The van der Waals surface area contributed by atoms with Gasteiger partial charge in [0.2, 0.25) is 5.91 Å². The smallest absolute Gasteiger partial charge is 0.233 e. The van der Waals surface area contributed by atoms with Gasteiger partial charge in [-0.25, -0.2) is 0 Å². The summed E-state index contributed by atoms with van der Waals surface area (Å²) in [6.45, 7) is 3.98. The molecule has 3 heteroatoms. The van der Waals surface area contributed by atoms with E-state index in [9.17, 15) is 4.79 Å². The van der Waals surface area contributed by atoms with Crippen molar-refractivity contribution in [2.45, 2.75) is 50.0 Å². The molecule has 2 aliphatic carbocycles. The molecule has 0 N–H and O–H groups in total. The molecule has 1 aromatic rings. The number of benzene rings is 1. The first-order valence-corrected chi connectivity index (χ1v) is 8.89. The molecule has 1 heterocycles. The van der Waals surface area contributed by atoms with Crippen molar-refractivity contribution in [1.82, 2.24) is 9.80 Å². The highest BCUT2D eigenvalue weighted by Gasteiger charge is 2.53. The van der Waals surface area contributed by atoms with Crippen LogP contribution in [0.5, 0.6) is 0 Å². The molecular formula is C19H26N2O. The topological polar surface area (TPSA) is 23.6 Å². The number of amides is 1. The third-order valence-corrected chi connectivity index (χ3v) is 5.93. The molecule has 3 fully saturated rings. The van der Waals surface area contributed by atoms with Crippen LogP contribution in [-0.2, 0) is 10.2 Å². The summed E-state index contributed by atoms with van der Waals surface area (Å²) in [6, 6.07) is 11.2. The van der Waals surface area contributed by atoms with Crippen LogP contribution in [0.1, 0.15) is 44.1 Å². The molecule has 4 rings (SSSR count). The lowest BCUT2D eigenvalue weighted by molar-refractivity contribution is -0.136. The van der Waals surface area contributed by atoms with Crippen LogP contribution < -0.4 is 0 Å². The van der Waals surface area contributed by atoms with Gasteiger partial charge in [-0.15, -0.1) is 0 Å². The second-order valence-corrected chi connectivity index (χ2v) is 7.21. The minimum atomic E-state index is -0.184. The van der Waals surface area contributed by atoms with Crippen molar-refractivity contribution in [3.05, 3.63) is 35.9 Å². The van der Waals surface area contributed by atoms with Crippen LogP contribution in [0.3, 0.4) is 0 Å². The van der Waals surface area contributed by atoms with Crippen LogP contribution in [0.2, 0.25) is 0 Å². The predicted molar refractivity (Wildman–Crippen MR) is 87.8 cm³/mol. The van der Waals surface area contributed by atoms with Crippen molar-refractivity contribution in [2.75, 3.05) is 26.2 Å². The average Bonchev–Trinajstić information content (AvgIpc) is 3.22. The zero-order chi connectivity index (χ0) is 15.0. The lowest BCUT2D eigenvalue weighted by Crippen LogP contribution is -2.53. The first-order chi connectivity index (χ1) is 10.8. The largest absolute Gasteiger partial charge is 0.339 e. The average molecular weight is 298 g/mol. The normalized spacial score (nSPS) is 25.4. The molecule has 22 heavy (non-hydrogen) atoms. The Labute approximate surface area is 133 Å². The van der Waals surface area contributed by atoms with Crippen molar-refractivity contribution in [2.24, 2.45) is 0 Å². The molecule has 1 aliphatic heterocycles. The van der Waals surface area contributed by atoms with E-state index in [0.29, 0.717) is 5.91 Å². The number of hydrogen-bond donors (Lipinski definition) is 0. The molecule has 2 saturated carbocycles. The Balaban J connectivity index is 1.40.